The summed E-state index contributed by atoms with van der Waals surface area (Å²) in [5.41, 5.74) is -4.12. The number of phenols is 3. The number of methoxy groups -OCH3 is 2. The summed E-state index contributed by atoms with van der Waals surface area (Å²) in [5.74, 6) is -4.37. The Kier molecular flexibility index (Phi) is 4.43. The van der Waals surface area contributed by atoms with E-state index in [0.717, 1.165) is 6.07 Å². The standard InChI is InChI=1S/C23H25NO9/c1-24-8-13(24)22(30)6-9-4-11(25)16-17(23(9,31)14(27)7-22)20(32-2)10-5-12(26)21(33-3)19(29)15(10)18(16)28/h5,9,13,26,28-31H,4,6-8H2,1-3H3/t9-,13+,22+,23+,24?/m0/s1. The van der Waals surface area contributed by atoms with Gasteiger partial charge in [-0.2, -0.15) is 0 Å². The number of nitrogens with zero attached hydrogens (tertiary/aromatic N) is 1. The highest BCUT2D eigenvalue weighted by Gasteiger charge is 2.63. The minimum Gasteiger partial charge on any atom is -0.506 e. The van der Waals surface area contributed by atoms with Crippen molar-refractivity contribution >= 4 is 22.3 Å². The average Bonchev–Trinajstić information content (AvgIpc) is 3.48. The van der Waals surface area contributed by atoms with Crippen molar-refractivity contribution in [1.29, 1.82) is 0 Å². The van der Waals surface area contributed by atoms with E-state index in [4.69, 9.17) is 9.47 Å². The lowest BCUT2D eigenvalue weighted by molar-refractivity contribution is -0.167. The number of rotatable bonds is 3. The van der Waals surface area contributed by atoms with Gasteiger partial charge in [0, 0.05) is 36.3 Å². The van der Waals surface area contributed by atoms with Crippen LogP contribution < -0.4 is 9.47 Å². The van der Waals surface area contributed by atoms with Crippen molar-refractivity contribution in [2.24, 2.45) is 5.92 Å². The fourth-order valence-electron chi connectivity index (χ4n) is 5.83. The van der Waals surface area contributed by atoms with Crippen LogP contribution in [0.2, 0.25) is 0 Å². The number of phenolic OH excluding ortho intramolecular Hbond substituents is 3. The van der Waals surface area contributed by atoms with Crippen molar-refractivity contribution in [3.05, 3.63) is 17.2 Å². The summed E-state index contributed by atoms with van der Waals surface area (Å²) >= 11 is 0. The fraction of sp³-hybridized carbons (Fsp3) is 0.478. The SMILES string of the molecule is COc1c(O)cc2c(OC)c3c(c(O)c2c1O)C(=O)C[C@H]1C[C@](O)([C@H]2CN2C)CC(=O)[C@@]31O. The first-order chi connectivity index (χ1) is 15.5. The Labute approximate surface area is 188 Å². The number of carbonyl (C=O) groups excluding carboxylic acids is 2. The predicted octanol–water partition coefficient (Wildman–Crippen LogP) is 0.772. The van der Waals surface area contributed by atoms with Crippen LogP contribution in [0.3, 0.4) is 0 Å². The number of ether oxygens (including phenoxy) is 2. The summed E-state index contributed by atoms with van der Waals surface area (Å²) in [6, 6.07) is 0.920. The number of hydrogen-bond donors (Lipinski definition) is 5. The fourth-order valence-corrected chi connectivity index (χ4v) is 5.83. The van der Waals surface area contributed by atoms with Crippen molar-refractivity contribution in [1.82, 2.24) is 4.90 Å². The largest absolute Gasteiger partial charge is 0.506 e. The molecule has 1 saturated heterocycles. The highest BCUT2D eigenvalue weighted by atomic mass is 16.5. The second-order valence-corrected chi connectivity index (χ2v) is 9.29. The molecule has 2 aliphatic carbocycles. The third-order valence-electron chi connectivity index (χ3n) is 7.49. The van der Waals surface area contributed by atoms with E-state index in [-0.39, 0.29) is 58.7 Å². The molecule has 2 aromatic rings. The molecule has 176 valence electrons. The van der Waals surface area contributed by atoms with E-state index in [0.29, 0.717) is 6.54 Å². The van der Waals surface area contributed by atoms with Crippen LogP contribution >= 0.6 is 0 Å². The molecular formula is C23H25NO9. The summed E-state index contributed by atoms with van der Waals surface area (Å²) < 4.78 is 10.5. The van der Waals surface area contributed by atoms with Gasteiger partial charge in [-0.15, -0.1) is 0 Å². The van der Waals surface area contributed by atoms with Crippen molar-refractivity contribution < 1.29 is 44.6 Å². The number of aromatic hydroxyl groups is 3. The molecule has 3 aliphatic rings. The number of fused-ring (bicyclic) bond motifs is 4. The molecule has 0 radical (unpaired) electrons. The molecule has 10 nitrogen and oxygen atoms in total. The minimum atomic E-state index is -2.20. The Bertz CT molecular complexity index is 1240. The van der Waals surface area contributed by atoms with Crippen molar-refractivity contribution in [3.8, 4) is 28.7 Å². The topological polar surface area (TPSA) is 157 Å². The van der Waals surface area contributed by atoms with Gasteiger partial charge in [0.25, 0.3) is 0 Å². The predicted molar refractivity (Wildman–Crippen MR) is 114 cm³/mol. The zero-order chi connectivity index (χ0) is 24.0. The molecular weight excluding hydrogens is 434 g/mol. The lowest BCUT2D eigenvalue weighted by Gasteiger charge is -2.48. The van der Waals surface area contributed by atoms with Gasteiger partial charge in [-0.05, 0) is 19.5 Å². The first-order valence-corrected chi connectivity index (χ1v) is 10.6. The van der Waals surface area contributed by atoms with E-state index in [9.17, 15) is 35.1 Å². The van der Waals surface area contributed by atoms with Crippen molar-refractivity contribution in [2.75, 3.05) is 27.8 Å². The van der Waals surface area contributed by atoms with E-state index < -0.39 is 45.9 Å². The Morgan fingerprint density at radius 2 is 1.70 bits per heavy atom. The van der Waals surface area contributed by atoms with E-state index in [1.807, 2.05) is 11.9 Å². The molecule has 5 rings (SSSR count). The maximum absolute atomic E-state index is 13.4. The Morgan fingerprint density at radius 1 is 1.06 bits per heavy atom. The van der Waals surface area contributed by atoms with Gasteiger partial charge in [0.1, 0.15) is 11.5 Å². The van der Waals surface area contributed by atoms with Gasteiger partial charge in [-0.1, -0.05) is 0 Å². The van der Waals surface area contributed by atoms with Gasteiger partial charge < -0.3 is 35.0 Å². The van der Waals surface area contributed by atoms with Crippen LogP contribution in [-0.2, 0) is 10.4 Å². The smallest absolute Gasteiger partial charge is 0.203 e. The van der Waals surface area contributed by atoms with Gasteiger partial charge in [-0.3, -0.25) is 14.5 Å². The Hall–Kier alpha value is -3.08. The molecule has 0 bridgehead atoms. The number of likely N-dealkylation sites (N-methyl/N-ethyl adjacent to an activating group) is 1. The summed E-state index contributed by atoms with van der Waals surface area (Å²) in [7, 11) is 4.28. The molecule has 0 spiro atoms. The number of Topliss-reactive ketones (excluding diaryl/α,β-unsaturated/α-hetero) is 2. The summed E-state index contributed by atoms with van der Waals surface area (Å²) in [6.07, 6.45) is -0.605. The highest BCUT2D eigenvalue weighted by Crippen LogP contribution is 2.59. The monoisotopic (exact) mass is 459 g/mol. The van der Waals surface area contributed by atoms with Crippen LogP contribution in [0.1, 0.15) is 35.2 Å². The Balaban J connectivity index is 1.80. The molecule has 1 aliphatic heterocycles. The van der Waals surface area contributed by atoms with Gasteiger partial charge in [0.05, 0.1) is 36.8 Å². The number of aliphatic hydroxyl groups is 2. The van der Waals surface area contributed by atoms with Gasteiger partial charge in [0.2, 0.25) is 5.75 Å². The quantitative estimate of drug-likeness (QED) is 0.415. The number of carbonyl (C=O) groups is 2. The molecule has 10 heteroatoms. The summed E-state index contributed by atoms with van der Waals surface area (Å²) in [4.78, 5) is 28.5. The molecule has 1 heterocycles. The van der Waals surface area contributed by atoms with Crippen LogP contribution in [0.15, 0.2) is 6.07 Å². The highest BCUT2D eigenvalue weighted by molar-refractivity contribution is 6.14. The number of hydrogen-bond acceptors (Lipinski definition) is 10. The minimum absolute atomic E-state index is 0.0104. The summed E-state index contributed by atoms with van der Waals surface area (Å²) in [6.45, 7) is 0.606. The van der Waals surface area contributed by atoms with Crippen LogP contribution in [0.4, 0.5) is 0 Å². The van der Waals surface area contributed by atoms with E-state index in [1.54, 1.807) is 0 Å². The second kappa shape index (κ2) is 6.72. The third kappa shape index (κ3) is 2.65. The van der Waals surface area contributed by atoms with Gasteiger partial charge in [0.15, 0.2) is 28.7 Å². The maximum atomic E-state index is 13.4. The number of ketones is 2. The molecule has 5 atom stereocenters. The van der Waals surface area contributed by atoms with E-state index in [2.05, 4.69) is 0 Å². The lowest BCUT2D eigenvalue weighted by Crippen LogP contribution is -2.59. The normalized spacial score (nSPS) is 32.9. The van der Waals surface area contributed by atoms with Gasteiger partial charge >= 0.3 is 0 Å². The second-order valence-electron chi connectivity index (χ2n) is 9.29. The van der Waals surface area contributed by atoms with Crippen LogP contribution in [0.5, 0.6) is 28.7 Å². The zero-order valence-corrected chi connectivity index (χ0v) is 18.4. The van der Waals surface area contributed by atoms with Crippen molar-refractivity contribution in [3.63, 3.8) is 0 Å². The molecule has 1 unspecified atom stereocenters. The van der Waals surface area contributed by atoms with E-state index in [1.165, 1.54) is 14.2 Å². The van der Waals surface area contributed by atoms with Gasteiger partial charge in [-0.25, -0.2) is 0 Å². The molecule has 2 fully saturated rings. The molecule has 1 saturated carbocycles. The lowest BCUT2D eigenvalue weighted by atomic mass is 9.58. The zero-order valence-electron chi connectivity index (χ0n) is 18.4. The van der Waals surface area contributed by atoms with Crippen LogP contribution in [-0.4, -0.2) is 81.5 Å². The van der Waals surface area contributed by atoms with E-state index >= 15 is 0 Å². The molecule has 0 amide bonds. The average molecular weight is 459 g/mol. The van der Waals surface area contributed by atoms with Crippen LogP contribution in [0, 0.1) is 5.92 Å². The first-order valence-electron chi connectivity index (χ1n) is 10.6. The molecule has 0 aromatic heterocycles. The molecule has 33 heavy (non-hydrogen) atoms. The molecule has 5 N–H and O–H groups in total. The first kappa shape index (κ1) is 21.7. The third-order valence-corrected chi connectivity index (χ3v) is 7.49. The summed E-state index contributed by atoms with van der Waals surface area (Å²) in [5, 5.41) is 54.8. The molecule has 2 aromatic carbocycles. The van der Waals surface area contributed by atoms with Crippen LogP contribution in [0.25, 0.3) is 10.8 Å². The number of benzene rings is 2. The van der Waals surface area contributed by atoms with Crippen molar-refractivity contribution in [2.45, 2.75) is 36.5 Å². The Morgan fingerprint density at radius 3 is 2.27 bits per heavy atom. The maximum Gasteiger partial charge on any atom is 0.203 e.